The third-order valence-electron chi connectivity index (χ3n) is 5.09. The number of amides is 3. The topological polar surface area (TPSA) is 92.5 Å². The molecule has 0 saturated carbocycles. The van der Waals surface area contributed by atoms with Crippen LogP contribution in [0.15, 0.2) is 36.4 Å². The minimum atomic E-state index is -0.630. The lowest BCUT2D eigenvalue weighted by molar-refractivity contribution is -0.136. The van der Waals surface area contributed by atoms with E-state index in [1.54, 1.807) is 11.0 Å². The molecule has 27 heavy (non-hydrogen) atoms. The van der Waals surface area contributed by atoms with Crippen LogP contribution >= 0.6 is 11.6 Å². The fourth-order valence-corrected chi connectivity index (χ4v) is 4.04. The van der Waals surface area contributed by atoms with Crippen molar-refractivity contribution < 1.29 is 14.4 Å². The molecule has 1 fully saturated rings. The average Bonchev–Trinajstić information content (AvgIpc) is 2.98. The van der Waals surface area contributed by atoms with Gasteiger partial charge in [-0.15, -0.1) is 0 Å². The molecule has 7 heteroatoms. The zero-order chi connectivity index (χ0) is 19.1. The van der Waals surface area contributed by atoms with Crippen LogP contribution in [0.5, 0.6) is 0 Å². The van der Waals surface area contributed by atoms with Crippen LogP contribution in [0.3, 0.4) is 0 Å². The lowest BCUT2D eigenvalue weighted by Gasteiger charge is -2.29. The van der Waals surface area contributed by atoms with Crippen molar-refractivity contribution in [3.63, 3.8) is 0 Å². The van der Waals surface area contributed by atoms with Crippen LogP contribution in [0.2, 0.25) is 5.02 Å². The van der Waals surface area contributed by atoms with E-state index in [4.69, 9.17) is 17.3 Å². The molecule has 0 bridgehead atoms. The van der Waals surface area contributed by atoms with Crippen molar-refractivity contribution in [2.75, 3.05) is 0 Å². The number of nitrogens with zero attached hydrogens (tertiary/aromatic N) is 1. The highest BCUT2D eigenvalue weighted by Crippen LogP contribution is 2.36. The second-order valence-electron chi connectivity index (χ2n) is 6.78. The Balaban J connectivity index is 1.72. The molecule has 1 saturated heterocycles. The Kier molecular flexibility index (Phi) is 4.45. The summed E-state index contributed by atoms with van der Waals surface area (Å²) in [5.41, 5.74) is 9.87. The molecule has 2 aromatic carbocycles. The SMILES string of the molecule is NCc1cc(Cl)cc(-c2cccc3c2CN(C2CCC(=O)NC2=O)C3=O)c1. The Morgan fingerprint density at radius 2 is 1.93 bits per heavy atom. The lowest BCUT2D eigenvalue weighted by atomic mass is 9.96. The number of rotatable bonds is 3. The van der Waals surface area contributed by atoms with Gasteiger partial charge >= 0.3 is 0 Å². The van der Waals surface area contributed by atoms with Crippen LogP contribution in [-0.4, -0.2) is 28.7 Å². The Morgan fingerprint density at radius 1 is 1.15 bits per heavy atom. The third-order valence-corrected chi connectivity index (χ3v) is 5.30. The lowest BCUT2D eigenvalue weighted by Crippen LogP contribution is -2.52. The number of carbonyl (C=O) groups is 3. The highest BCUT2D eigenvalue weighted by Gasteiger charge is 2.39. The molecule has 1 unspecified atom stereocenters. The highest BCUT2D eigenvalue weighted by molar-refractivity contribution is 6.31. The minimum absolute atomic E-state index is 0.192. The van der Waals surface area contributed by atoms with Gasteiger partial charge in [0, 0.05) is 30.1 Å². The molecule has 2 aliphatic rings. The van der Waals surface area contributed by atoms with Crippen molar-refractivity contribution in [3.05, 3.63) is 58.1 Å². The molecule has 2 heterocycles. The third kappa shape index (κ3) is 3.11. The fourth-order valence-electron chi connectivity index (χ4n) is 3.78. The summed E-state index contributed by atoms with van der Waals surface area (Å²) >= 11 is 6.22. The average molecular weight is 384 g/mol. The summed E-state index contributed by atoms with van der Waals surface area (Å²) < 4.78 is 0. The molecule has 0 aliphatic carbocycles. The van der Waals surface area contributed by atoms with E-state index >= 15 is 0 Å². The maximum Gasteiger partial charge on any atom is 0.255 e. The van der Waals surface area contributed by atoms with Gasteiger partial charge in [0.05, 0.1) is 0 Å². The Labute approximate surface area is 161 Å². The first kappa shape index (κ1) is 17.7. The van der Waals surface area contributed by atoms with Gasteiger partial charge in [-0.3, -0.25) is 19.7 Å². The summed E-state index contributed by atoms with van der Waals surface area (Å²) in [6, 6.07) is 10.5. The van der Waals surface area contributed by atoms with Crippen molar-refractivity contribution >= 4 is 29.3 Å². The molecule has 3 amide bonds. The van der Waals surface area contributed by atoms with E-state index in [0.29, 0.717) is 30.1 Å². The molecule has 138 valence electrons. The molecular formula is C20H18ClN3O3. The van der Waals surface area contributed by atoms with Crippen LogP contribution in [0.4, 0.5) is 0 Å². The van der Waals surface area contributed by atoms with Gasteiger partial charge in [-0.25, -0.2) is 0 Å². The molecule has 2 aliphatic heterocycles. The van der Waals surface area contributed by atoms with Crippen molar-refractivity contribution in [2.45, 2.75) is 32.0 Å². The molecule has 0 radical (unpaired) electrons. The largest absolute Gasteiger partial charge is 0.326 e. The van der Waals surface area contributed by atoms with Gasteiger partial charge in [-0.2, -0.15) is 0 Å². The van der Waals surface area contributed by atoms with Crippen molar-refractivity contribution in [3.8, 4) is 11.1 Å². The first-order chi connectivity index (χ1) is 13.0. The van der Waals surface area contributed by atoms with E-state index in [-0.39, 0.29) is 18.2 Å². The van der Waals surface area contributed by atoms with Gasteiger partial charge in [0.25, 0.3) is 5.91 Å². The quantitative estimate of drug-likeness (QED) is 0.795. The molecule has 4 rings (SSSR count). The van der Waals surface area contributed by atoms with Crippen LogP contribution in [-0.2, 0) is 22.7 Å². The molecule has 2 aromatic rings. The molecule has 3 N–H and O–H groups in total. The van der Waals surface area contributed by atoms with E-state index in [9.17, 15) is 14.4 Å². The van der Waals surface area contributed by atoms with Gasteiger partial charge in [0.15, 0.2) is 0 Å². The first-order valence-corrected chi connectivity index (χ1v) is 9.12. The summed E-state index contributed by atoms with van der Waals surface area (Å²) in [5.74, 6) is -0.904. The predicted octanol–water partition coefficient (Wildman–Crippen LogP) is 2.23. The number of fused-ring (bicyclic) bond motifs is 1. The smallest absolute Gasteiger partial charge is 0.255 e. The zero-order valence-electron chi connectivity index (χ0n) is 14.5. The number of hydrogen-bond acceptors (Lipinski definition) is 4. The normalized spacial score (nSPS) is 19.3. The Morgan fingerprint density at radius 3 is 2.67 bits per heavy atom. The number of benzene rings is 2. The highest BCUT2D eigenvalue weighted by atomic mass is 35.5. The number of hydrogen-bond donors (Lipinski definition) is 2. The molecule has 0 spiro atoms. The van der Waals surface area contributed by atoms with Crippen molar-refractivity contribution in [2.24, 2.45) is 5.73 Å². The number of nitrogens with one attached hydrogen (secondary N) is 1. The second kappa shape index (κ2) is 6.79. The Bertz CT molecular complexity index is 973. The molecule has 6 nitrogen and oxygen atoms in total. The maximum absolute atomic E-state index is 12.9. The fraction of sp³-hybridized carbons (Fsp3) is 0.250. The van der Waals surface area contributed by atoms with Crippen molar-refractivity contribution in [1.29, 1.82) is 0 Å². The number of nitrogens with two attached hydrogens (primary N) is 1. The summed E-state index contributed by atoms with van der Waals surface area (Å²) in [5, 5.41) is 2.90. The summed E-state index contributed by atoms with van der Waals surface area (Å²) in [6.07, 6.45) is 0.575. The number of piperidine rings is 1. The maximum atomic E-state index is 12.9. The van der Waals surface area contributed by atoms with E-state index < -0.39 is 11.9 Å². The van der Waals surface area contributed by atoms with Crippen LogP contribution in [0.25, 0.3) is 11.1 Å². The second-order valence-corrected chi connectivity index (χ2v) is 7.22. The van der Waals surface area contributed by atoms with Crippen LogP contribution < -0.4 is 11.1 Å². The number of imide groups is 1. The first-order valence-electron chi connectivity index (χ1n) is 8.74. The van der Waals surface area contributed by atoms with Gasteiger partial charge < -0.3 is 10.6 Å². The molecule has 0 aromatic heterocycles. The number of halogens is 1. The van der Waals surface area contributed by atoms with E-state index in [2.05, 4.69) is 5.32 Å². The standard InChI is InChI=1S/C20H18ClN3O3/c21-13-7-11(9-22)6-12(8-13)14-2-1-3-15-16(14)10-24(20(15)27)17-4-5-18(25)23-19(17)26/h1-3,6-8,17H,4-5,9-10,22H2,(H,23,25,26). The van der Waals surface area contributed by atoms with Gasteiger partial charge in [-0.1, -0.05) is 23.7 Å². The Hall–Kier alpha value is -2.70. The minimum Gasteiger partial charge on any atom is -0.326 e. The predicted molar refractivity (Wildman–Crippen MR) is 101 cm³/mol. The van der Waals surface area contributed by atoms with E-state index in [0.717, 1.165) is 22.3 Å². The van der Waals surface area contributed by atoms with Gasteiger partial charge in [0.2, 0.25) is 11.8 Å². The molecular weight excluding hydrogens is 366 g/mol. The summed E-state index contributed by atoms with van der Waals surface area (Å²) in [7, 11) is 0. The summed E-state index contributed by atoms with van der Waals surface area (Å²) in [6.45, 7) is 0.686. The monoisotopic (exact) mass is 383 g/mol. The van der Waals surface area contributed by atoms with E-state index in [1.165, 1.54) is 0 Å². The van der Waals surface area contributed by atoms with Crippen LogP contribution in [0, 0.1) is 0 Å². The zero-order valence-corrected chi connectivity index (χ0v) is 15.3. The molecule has 1 atom stereocenters. The van der Waals surface area contributed by atoms with Gasteiger partial charge in [-0.05, 0) is 52.9 Å². The van der Waals surface area contributed by atoms with Crippen LogP contribution in [0.1, 0.15) is 34.3 Å². The summed E-state index contributed by atoms with van der Waals surface area (Å²) in [4.78, 5) is 38.1. The number of carbonyl (C=O) groups excluding carboxylic acids is 3. The van der Waals surface area contributed by atoms with E-state index in [1.807, 2.05) is 30.3 Å². The van der Waals surface area contributed by atoms with Crippen molar-refractivity contribution in [1.82, 2.24) is 10.2 Å². The van der Waals surface area contributed by atoms with Gasteiger partial charge in [0.1, 0.15) is 6.04 Å².